The number of aliphatic hydroxyl groups is 1. The lowest BCUT2D eigenvalue weighted by molar-refractivity contribution is 0.0909. The zero-order chi connectivity index (χ0) is 12.1. The van der Waals surface area contributed by atoms with E-state index < -0.39 is 23.2 Å². The predicted octanol–water partition coefficient (Wildman–Crippen LogP) is -1.44. The summed E-state index contributed by atoms with van der Waals surface area (Å²) >= 11 is 0. The first-order valence-corrected chi connectivity index (χ1v) is 4.82. The van der Waals surface area contributed by atoms with E-state index in [2.05, 4.69) is 10.3 Å². The van der Waals surface area contributed by atoms with Crippen LogP contribution in [0.3, 0.4) is 0 Å². The van der Waals surface area contributed by atoms with Gasteiger partial charge in [-0.15, -0.1) is 0 Å². The Morgan fingerprint density at radius 2 is 2.19 bits per heavy atom. The first-order valence-electron chi connectivity index (χ1n) is 4.82. The zero-order valence-electron chi connectivity index (χ0n) is 8.74. The van der Waals surface area contributed by atoms with Gasteiger partial charge in [0.2, 0.25) is 0 Å². The van der Waals surface area contributed by atoms with E-state index in [-0.39, 0.29) is 12.3 Å². The molecular weight excluding hydrogens is 214 g/mol. The van der Waals surface area contributed by atoms with Crippen LogP contribution in [0.4, 0.5) is 0 Å². The number of carbonyl (C=O) groups excluding carboxylic acids is 1. The van der Waals surface area contributed by atoms with Gasteiger partial charge in [-0.25, -0.2) is 4.79 Å². The van der Waals surface area contributed by atoms with Gasteiger partial charge in [-0.3, -0.25) is 14.6 Å². The average molecular weight is 227 g/mol. The van der Waals surface area contributed by atoms with Gasteiger partial charge in [0, 0.05) is 6.07 Å². The Morgan fingerprint density at radius 1 is 1.50 bits per heavy atom. The van der Waals surface area contributed by atoms with Crippen molar-refractivity contribution in [2.45, 2.75) is 19.4 Å². The fourth-order valence-corrected chi connectivity index (χ4v) is 1.13. The fraction of sp³-hybridized carbons (Fsp3) is 0.444. The van der Waals surface area contributed by atoms with Crippen LogP contribution < -0.4 is 16.6 Å². The van der Waals surface area contributed by atoms with Crippen molar-refractivity contribution in [3.63, 3.8) is 0 Å². The maximum atomic E-state index is 11.5. The summed E-state index contributed by atoms with van der Waals surface area (Å²) in [5.41, 5.74) is -1.51. The van der Waals surface area contributed by atoms with Crippen molar-refractivity contribution in [3.8, 4) is 0 Å². The molecule has 0 saturated heterocycles. The van der Waals surface area contributed by atoms with Gasteiger partial charge >= 0.3 is 5.69 Å². The molecule has 1 atom stereocenters. The van der Waals surface area contributed by atoms with E-state index in [0.717, 1.165) is 6.07 Å². The van der Waals surface area contributed by atoms with Crippen LogP contribution >= 0.6 is 0 Å². The topological polar surface area (TPSA) is 115 Å². The summed E-state index contributed by atoms with van der Waals surface area (Å²) in [5.74, 6) is -0.593. The molecule has 1 heterocycles. The molecule has 0 aliphatic rings. The SMILES string of the molecule is CC[C@H](CO)NC(=O)c1cc(=O)[nH]c(=O)[nH]1. The third kappa shape index (κ3) is 3.06. The molecule has 0 fully saturated rings. The third-order valence-electron chi connectivity index (χ3n) is 2.05. The van der Waals surface area contributed by atoms with E-state index in [9.17, 15) is 14.4 Å². The van der Waals surface area contributed by atoms with Crippen molar-refractivity contribution in [1.82, 2.24) is 15.3 Å². The summed E-state index contributed by atoms with van der Waals surface area (Å²) in [6.07, 6.45) is 0.551. The number of aromatic amines is 2. The molecule has 0 aromatic carbocycles. The van der Waals surface area contributed by atoms with Crippen molar-refractivity contribution in [2.24, 2.45) is 0 Å². The fourth-order valence-electron chi connectivity index (χ4n) is 1.13. The molecule has 0 saturated carbocycles. The zero-order valence-corrected chi connectivity index (χ0v) is 8.74. The van der Waals surface area contributed by atoms with Crippen LogP contribution in [-0.4, -0.2) is 33.6 Å². The molecule has 7 nitrogen and oxygen atoms in total. The van der Waals surface area contributed by atoms with E-state index >= 15 is 0 Å². The molecule has 88 valence electrons. The first-order chi connectivity index (χ1) is 7.56. The highest BCUT2D eigenvalue weighted by molar-refractivity contribution is 5.92. The Kier molecular flexibility index (Phi) is 4.01. The summed E-state index contributed by atoms with van der Waals surface area (Å²) in [4.78, 5) is 37.5. The maximum absolute atomic E-state index is 11.5. The van der Waals surface area contributed by atoms with E-state index in [4.69, 9.17) is 5.11 Å². The highest BCUT2D eigenvalue weighted by Gasteiger charge is 2.12. The van der Waals surface area contributed by atoms with Crippen LogP contribution in [-0.2, 0) is 0 Å². The smallest absolute Gasteiger partial charge is 0.326 e. The van der Waals surface area contributed by atoms with Crippen molar-refractivity contribution < 1.29 is 9.90 Å². The van der Waals surface area contributed by atoms with E-state index in [1.807, 2.05) is 4.98 Å². The van der Waals surface area contributed by atoms with Crippen LogP contribution in [0.2, 0.25) is 0 Å². The molecule has 7 heteroatoms. The largest absolute Gasteiger partial charge is 0.394 e. The minimum absolute atomic E-state index is 0.124. The lowest BCUT2D eigenvalue weighted by atomic mass is 10.2. The molecule has 1 aromatic heterocycles. The molecule has 0 aliphatic carbocycles. The molecule has 0 radical (unpaired) electrons. The number of carbonyl (C=O) groups is 1. The van der Waals surface area contributed by atoms with Gasteiger partial charge in [0.15, 0.2) is 0 Å². The predicted molar refractivity (Wildman–Crippen MR) is 56.3 cm³/mol. The number of hydrogen-bond acceptors (Lipinski definition) is 4. The lowest BCUT2D eigenvalue weighted by Crippen LogP contribution is -2.39. The maximum Gasteiger partial charge on any atom is 0.326 e. The number of hydrogen-bond donors (Lipinski definition) is 4. The number of rotatable bonds is 4. The van der Waals surface area contributed by atoms with Crippen LogP contribution in [0.15, 0.2) is 15.7 Å². The molecule has 1 rings (SSSR count). The summed E-state index contributed by atoms with van der Waals surface area (Å²) in [6, 6.07) is 0.594. The highest BCUT2D eigenvalue weighted by atomic mass is 16.3. The van der Waals surface area contributed by atoms with Crippen LogP contribution in [0.5, 0.6) is 0 Å². The van der Waals surface area contributed by atoms with Gasteiger partial charge in [0.25, 0.3) is 11.5 Å². The number of H-pyrrole nitrogens is 2. The van der Waals surface area contributed by atoms with Gasteiger partial charge in [-0.1, -0.05) is 6.92 Å². The highest BCUT2D eigenvalue weighted by Crippen LogP contribution is 1.92. The molecule has 0 aliphatic heterocycles. The summed E-state index contributed by atoms with van der Waals surface area (Å²) in [6.45, 7) is 1.59. The Hall–Kier alpha value is -1.89. The average Bonchev–Trinajstić information content (AvgIpc) is 2.24. The molecule has 1 aromatic rings. The van der Waals surface area contributed by atoms with Crippen molar-refractivity contribution in [1.29, 1.82) is 0 Å². The van der Waals surface area contributed by atoms with Crippen LogP contribution in [0.25, 0.3) is 0 Å². The number of aromatic nitrogens is 2. The van der Waals surface area contributed by atoms with Crippen molar-refractivity contribution in [3.05, 3.63) is 32.6 Å². The third-order valence-corrected chi connectivity index (χ3v) is 2.05. The second kappa shape index (κ2) is 5.26. The monoisotopic (exact) mass is 227 g/mol. The normalized spacial score (nSPS) is 12.1. The van der Waals surface area contributed by atoms with E-state index in [1.165, 1.54) is 0 Å². The second-order valence-electron chi connectivity index (χ2n) is 3.26. The number of nitrogens with one attached hydrogen (secondary N) is 3. The molecule has 1 amide bonds. The standard InChI is InChI=1S/C9H13N3O4/c1-2-5(4-13)10-8(15)6-3-7(14)12-9(16)11-6/h3,5,13H,2,4H2,1H3,(H,10,15)(H2,11,12,14,16)/t5-/m1/s1. The Labute approximate surface area is 90.5 Å². The lowest BCUT2D eigenvalue weighted by Gasteiger charge is -2.13. The molecule has 16 heavy (non-hydrogen) atoms. The summed E-state index contributed by atoms with van der Waals surface area (Å²) in [7, 11) is 0. The molecule has 0 spiro atoms. The minimum atomic E-state index is -0.741. The first kappa shape index (κ1) is 12.2. The van der Waals surface area contributed by atoms with E-state index in [1.54, 1.807) is 6.92 Å². The number of amides is 1. The molecule has 4 N–H and O–H groups in total. The van der Waals surface area contributed by atoms with Gasteiger partial charge in [-0.2, -0.15) is 0 Å². The summed E-state index contributed by atoms with van der Waals surface area (Å²) in [5, 5.41) is 11.4. The minimum Gasteiger partial charge on any atom is -0.394 e. The van der Waals surface area contributed by atoms with Gasteiger partial charge in [0.05, 0.1) is 12.6 Å². The second-order valence-corrected chi connectivity index (χ2v) is 3.26. The molecular formula is C9H13N3O4. The Morgan fingerprint density at radius 3 is 2.69 bits per heavy atom. The van der Waals surface area contributed by atoms with Gasteiger partial charge in [0.1, 0.15) is 5.69 Å². The Balaban J connectivity index is 2.88. The van der Waals surface area contributed by atoms with Gasteiger partial charge in [-0.05, 0) is 6.42 Å². The van der Waals surface area contributed by atoms with Crippen LogP contribution in [0.1, 0.15) is 23.8 Å². The van der Waals surface area contributed by atoms with E-state index in [0.29, 0.717) is 6.42 Å². The molecule has 0 unspecified atom stereocenters. The van der Waals surface area contributed by atoms with Gasteiger partial charge < -0.3 is 15.4 Å². The van der Waals surface area contributed by atoms with Crippen LogP contribution in [0, 0.1) is 0 Å². The van der Waals surface area contributed by atoms with Crippen molar-refractivity contribution in [2.75, 3.05) is 6.61 Å². The summed E-state index contributed by atoms with van der Waals surface area (Å²) < 4.78 is 0. The quantitative estimate of drug-likeness (QED) is 0.504. The Bertz CT molecular complexity index is 444. The molecule has 0 bridgehead atoms. The van der Waals surface area contributed by atoms with Crippen molar-refractivity contribution >= 4 is 5.91 Å². The number of aliphatic hydroxyl groups excluding tert-OH is 1.